The third kappa shape index (κ3) is 4.15. The fourth-order valence-electron chi connectivity index (χ4n) is 2.14. The SMILES string of the molecule is C#CCOc1c(Cl)cc(C=Nc2oc(C)c(C)c2C#N)cc1OCC. The van der Waals surface area contributed by atoms with Crippen molar-refractivity contribution in [3.63, 3.8) is 0 Å². The van der Waals surface area contributed by atoms with Gasteiger partial charge in [0, 0.05) is 11.8 Å². The summed E-state index contributed by atoms with van der Waals surface area (Å²) in [6.07, 6.45) is 6.77. The first kappa shape index (κ1) is 18.4. The van der Waals surface area contributed by atoms with E-state index >= 15 is 0 Å². The molecule has 0 aliphatic rings. The van der Waals surface area contributed by atoms with Crippen molar-refractivity contribution in [3.8, 4) is 29.9 Å². The van der Waals surface area contributed by atoms with Crippen LogP contribution in [0.15, 0.2) is 21.5 Å². The molecule has 0 atom stereocenters. The van der Waals surface area contributed by atoms with Crippen molar-refractivity contribution in [1.29, 1.82) is 5.26 Å². The lowest BCUT2D eigenvalue weighted by molar-refractivity contribution is 0.299. The van der Waals surface area contributed by atoms with Crippen molar-refractivity contribution in [1.82, 2.24) is 0 Å². The first-order valence-electron chi connectivity index (χ1n) is 7.58. The summed E-state index contributed by atoms with van der Waals surface area (Å²) in [5, 5.41) is 9.59. The van der Waals surface area contributed by atoms with E-state index in [1.54, 1.807) is 25.3 Å². The number of hydrogen-bond donors (Lipinski definition) is 0. The number of hydrogen-bond acceptors (Lipinski definition) is 5. The van der Waals surface area contributed by atoms with Crippen LogP contribution in [0.1, 0.15) is 29.4 Å². The minimum Gasteiger partial charge on any atom is -0.490 e. The Balaban J connectivity index is 2.39. The number of aliphatic imine (C=N–C) groups is 1. The minimum atomic E-state index is 0.0870. The van der Waals surface area contributed by atoms with Crippen LogP contribution in [0.25, 0.3) is 0 Å². The van der Waals surface area contributed by atoms with Crippen LogP contribution in [0.5, 0.6) is 11.5 Å². The van der Waals surface area contributed by atoms with Gasteiger partial charge in [-0.15, -0.1) is 6.42 Å². The highest BCUT2D eigenvalue weighted by Gasteiger charge is 2.14. The zero-order valence-electron chi connectivity index (χ0n) is 14.2. The minimum absolute atomic E-state index is 0.0870. The first-order valence-corrected chi connectivity index (χ1v) is 7.96. The van der Waals surface area contributed by atoms with Gasteiger partial charge in [-0.05, 0) is 38.5 Å². The fourth-order valence-corrected chi connectivity index (χ4v) is 2.42. The molecule has 0 aliphatic carbocycles. The molecule has 2 rings (SSSR count). The Bertz CT molecular complexity index is 886. The second kappa shape index (κ2) is 8.28. The van der Waals surface area contributed by atoms with Crippen LogP contribution in [0.3, 0.4) is 0 Å². The molecule has 0 unspecified atom stereocenters. The molecule has 0 spiro atoms. The molecule has 128 valence electrons. The van der Waals surface area contributed by atoms with E-state index in [4.69, 9.17) is 31.9 Å². The lowest BCUT2D eigenvalue weighted by Crippen LogP contribution is -2.01. The standard InChI is InChI=1S/C19H17ClN2O3/c1-5-7-24-18-16(20)8-14(9-17(18)23-6-2)11-22-19-15(10-21)12(3)13(4)25-19/h1,8-9,11H,6-7H2,2-4H3. The first-order chi connectivity index (χ1) is 12.0. The van der Waals surface area contributed by atoms with Crippen molar-refractivity contribution < 1.29 is 13.9 Å². The molecule has 1 aromatic heterocycles. The smallest absolute Gasteiger partial charge is 0.237 e. The Hall–Kier alpha value is -2.89. The van der Waals surface area contributed by atoms with Gasteiger partial charge in [-0.1, -0.05) is 17.5 Å². The summed E-state index contributed by atoms with van der Waals surface area (Å²) < 4.78 is 16.5. The molecule has 0 N–H and O–H groups in total. The van der Waals surface area contributed by atoms with Crippen LogP contribution < -0.4 is 9.47 Å². The summed E-state index contributed by atoms with van der Waals surface area (Å²) in [6, 6.07) is 5.51. The van der Waals surface area contributed by atoms with Crippen molar-refractivity contribution in [2.45, 2.75) is 20.8 Å². The quantitative estimate of drug-likeness (QED) is 0.561. The number of furan rings is 1. The molecule has 0 bridgehead atoms. The van der Waals surface area contributed by atoms with E-state index < -0.39 is 0 Å². The molecule has 6 heteroatoms. The summed E-state index contributed by atoms with van der Waals surface area (Å²) in [7, 11) is 0. The fraction of sp³-hybridized carbons (Fsp3) is 0.263. The van der Waals surface area contributed by atoms with Gasteiger partial charge < -0.3 is 13.9 Å². The Kier molecular flexibility index (Phi) is 6.11. The molecule has 0 aliphatic heterocycles. The molecule has 1 heterocycles. The third-order valence-corrected chi connectivity index (χ3v) is 3.72. The maximum atomic E-state index is 9.23. The van der Waals surface area contributed by atoms with Crippen LogP contribution in [0, 0.1) is 37.5 Å². The van der Waals surface area contributed by atoms with Gasteiger partial charge in [-0.2, -0.15) is 5.26 Å². The second-order valence-corrected chi connectivity index (χ2v) is 5.50. The van der Waals surface area contributed by atoms with Gasteiger partial charge in [0.25, 0.3) is 0 Å². The summed E-state index contributed by atoms with van der Waals surface area (Å²) in [4.78, 5) is 4.26. The second-order valence-electron chi connectivity index (χ2n) is 5.09. The van der Waals surface area contributed by atoms with E-state index in [2.05, 4.69) is 17.0 Å². The lowest BCUT2D eigenvalue weighted by atomic mass is 10.2. The predicted octanol–water partition coefficient (Wildman–Crippen LogP) is 4.58. The van der Waals surface area contributed by atoms with Gasteiger partial charge in [0.05, 0.1) is 11.6 Å². The number of halogens is 1. The number of aryl methyl sites for hydroxylation is 1. The lowest BCUT2D eigenvalue weighted by Gasteiger charge is -2.12. The van der Waals surface area contributed by atoms with E-state index in [1.807, 2.05) is 13.8 Å². The van der Waals surface area contributed by atoms with Crippen LogP contribution in [-0.4, -0.2) is 19.4 Å². The van der Waals surface area contributed by atoms with Gasteiger partial charge >= 0.3 is 0 Å². The molecule has 2 aromatic rings. The Morgan fingerprint density at radius 1 is 1.36 bits per heavy atom. The predicted molar refractivity (Wildman–Crippen MR) is 97.1 cm³/mol. The van der Waals surface area contributed by atoms with E-state index in [0.717, 1.165) is 5.56 Å². The number of rotatable bonds is 6. The normalized spacial score (nSPS) is 10.5. The van der Waals surface area contributed by atoms with E-state index in [0.29, 0.717) is 40.0 Å². The molecule has 25 heavy (non-hydrogen) atoms. The Morgan fingerprint density at radius 2 is 2.12 bits per heavy atom. The molecular formula is C19H17ClN2O3. The highest BCUT2D eigenvalue weighted by atomic mass is 35.5. The van der Waals surface area contributed by atoms with E-state index in [9.17, 15) is 5.26 Å². The van der Waals surface area contributed by atoms with Gasteiger partial charge in [-0.3, -0.25) is 0 Å². The number of benzene rings is 1. The zero-order chi connectivity index (χ0) is 18.4. The maximum Gasteiger partial charge on any atom is 0.237 e. The number of ether oxygens (including phenoxy) is 2. The van der Waals surface area contributed by atoms with Gasteiger partial charge in [0.15, 0.2) is 11.5 Å². The average Bonchev–Trinajstić information content (AvgIpc) is 2.86. The number of nitriles is 1. The highest BCUT2D eigenvalue weighted by molar-refractivity contribution is 6.32. The third-order valence-electron chi connectivity index (χ3n) is 3.44. The molecule has 0 radical (unpaired) electrons. The van der Waals surface area contributed by atoms with Crippen molar-refractivity contribution >= 4 is 23.7 Å². The summed E-state index contributed by atoms with van der Waals surface area (Å²) >= 11 is 6.26. The van der Waals surface area contributed by atoms with Gasteiger partial charge in [-0.25, -0.2) is 4.99 Å². The topological polar surface area (TPSA) is 67.8 Å². The molecule has 5 nitrogen and oxygen atoms in total. The molecule has 0 amide bonds. The summed E-state index contributed by atoms with van der Waals surface area (Å²) in [5.74, 6) is 4.17. The zero-order valence-corrected chi connectivity index (χ0v) is 15.0. The molecule has 0 saturated heterocycles. The maximum absolute atomic E-state index is 9.23. The van der Waals surface area contributed by atoms with E-state index in [1.165, 1.54) is 0 Å². The number of terminal acetylenes is 1. The van der Waals surface area contributed by atoms with Crippen LogP contribution in [-0.2, 0) is 0 Å². The summed E-state index contributed by atoms with van der Waals surface area (Å²) in [5.41, 5.74) is 1.87. The molecular weight excluding hydrogens is 340 g/mol. The Morgan fingerprint density at radius 3 is 2.76 bits per heavy atom. The van der Waals surface area contributed by atoms with Crippen molar-refractivity contribution in [2.24, 2.45) is 4.99 Å². The molecule has 0 fully saturated rings. The van der Waals surface area contributed by atoms with Crippen molar-refractivity contribution in [2.75, 3.05) is 13.2 Å². The van der Waals surface area contributed by atoms with Crippen molar-refractivity contribution in [3.05, 3.63) is 39.6 Å². The van der Waals surface area contributed by atoms with Crippen LogP contribution >= 0.6 is 11.6 Å². The monoisotopic (exact) mass is 356 g/mol. The summed E-state index contributed by atoms with van der Waals surface area (Å²) in [6.45, 7) is 5.99. The Labute approximate surface area is 151 Å². The molecule has 1 aromatic carbocycles. The van der Waals surface area contributed by atoms with E-state index in [-0.39, 0.29) is 12.5 Å². The van der Waals surface area contributed by atoms with Crippen LogP contribution in [0.2, 0.25) is 5.02 Å². The number of nitrogens with zero attached hydrogens (tertiary/aromatic N) is 2. The van der Waals surface area contributed by atoms with Crippen LogP contribution in [0.4, 0.5) is 5.88 Å². The van der Waals surface area contributed by atoms with Gasteiger partial charge in [0.2, 0.25) is 5.88 Å². The average molecular weight is 357 g/mol. The molecule has 0 saturated carbocycles. The van der Waals surface area contributed by atoms with Gasteiger partial charge in [0.1, 0.15) is 24.0 Å². The highest BCUT2D eigenvalue weighted by Crippen LogP contribution is 2.36. The largest absolute Gasteiger partial charge is 0.490 e.